The van der Waals surface area contributed by atoms with Gasteiger partial charge in [0.25, 0.3) is 0 Å². The van der Waals surface area contributed by atoms with E-state index < -0.39 is 0 Å². The summed E-state index contributed by atoms with van der Waals surface area (Å²) >= 11 is 0. The summed E-state index contributed by atoms with van der Waals surface area (Å²) in [4.78, 5) is 13.1. The van der Waals surface area contributed by atoms with Gasteiger partial charge in [0, 0.05) is 17.7 Å². The molecule has 0 aromatic carbocycles. The SMILES string of the molecule is CCNc1ncnc2nc(C(C)(C)C)ccc12. The van der Waals surface area contributed by atoms with Crippen molar-refractivity contribution in [2.75, 3.05) is 11.9 Å². The lowest BCUT2D eigenvalue weighted by atomic mass is 9.91. The Kier molecular flexibility index (Phi) is 2.96. The molecule has 2 aromatic rings. The maximum Gasteiger partial charge on any atom is 0.164 e. The quantitative estimate of drug-likeness (QED) is 0.861. The third-order valence-corrected chi connectivity index (χ3v) is 2.61. The summed E-state index contributed by atoms with van der Waals surface area (Å²) in [5.74, 6) is 0.852. The summed E-state index contributed by atoms with van der Waals surface area (Å²) in [5, 5.41) is 4.19. The molecule has 0 aliphatic rings. The van der Waals surface area contributed by atoms with Crippen LogP contribution in [0.1, 0.15) is 33.4 Å². The van der Waals surface area contributed by atoms with Crippen molar-refractivity contribution in [1.82, 2.24) is 15.0 Å². The Morgan fingerprint density at radius 1 is 1.18 bits per heavy atom. The van der Waals surface area contributed by atoms with Crippen molar-refractivity contribution in [3.05, 3.63) is 24.2 Å². The number of rotatable bonds is 2. The van der Waals surface area contributed by atoms with E-state index in [9.17, 15) is 0 Å². The lowest BCUT2D eigenvalue weighted by Crippen LogP contribution is -2.13. The zero-order valence-electron chi connectivity index (χ0n) is 10.8. The normalized spacial score (nSPS) is 11.8. The van der Waals surface area contributed by atoms with E-state index in [4.69, 9.17) is 0 Å². The smallest absolute Gasteiger partial charge is 0.164 e. The molecule has 0 aliphatic heterocycles. The van der Waals surface area contributed by atoms with Crippen LogP contribution >= 0.6 is 0 Å². The fourth-order valence-electron chi connectivity index (χ4n) is 1.67. The van der Waals surface area contributed by atoms with Crippen molar-refractivity contribution < 1.29 is 0 Å². The van der Waals surface area contributed by atoms with E-state index >= 15 is 0 Å². The molecule has 1 N–H and O–H groups in total. The average molecular weight is 230 g/mol. The zero-order valence-corrected chi connectivity index (χ0v) is 10.8. The molecule has 0 radical (unpaired) electrons. The molecule has 4 heteroatoms. The number of aromatic nitrogens is 3. The van der Waals surface area contributed by atoms with E-state index in [0.29, 0.717) is 0 Å². The fraction of sp³-hybridized carbons (Fsp3) is 0.462. The molecule has 0 aliphatic carbocycles. The molecule has 0 saturated carbocycles. The van der Waals surface area contributed by atoms with Gasteiger partial charge < -0.3 is 5.32 Å². The Balaban J connectivity index is 2.57. The van der Waals surface area contributed by atoms with Crippen LogP contribution in [0.4, 0.5) is 5.82 Å². The highest BCUT2D eigenvalue weighted by atomic mass is 15.0. The predicted molar refractivity (Wildman–Crippen MR) is 70.2 cm³/mol. The lowest BCUT2D eigenvalue weighted by Gasteiger charge is -2.18. The standard InChI is InChI=1S/C13H18N4/c1-5-14-11-9-6-7-10(13(2,3)4)17-12(9)16-8-15-11/h6-8H,5H2,1-4H3,(H,14,15,16,17). The van der Waals surface area contributed by atoms with Crippen LogP contribution in [-0.4, -0.2) is 21.5 Å². The summed E-state index contributed by atoms with van der Waals surface area (Å²) in [6, 6.07) is 4.09. The monoisotopic (exact) mass is 230 g/mol. The van der Waals surface area contributed by atoms with Gasteiger partial charge in [-0.2, -0.15) is 0 Å². The first-order chi connectivity index (χ1) is 8.02. The number of pyridine rings is 1. The van der Waals surface area contributed by atoms with Gasteiger partial charge in [0.15, 0.2) is 5.65 Å². The topological polar surface area (TPSA) is 50.7 Å². The van der Waals surface area contributed by atoms with Crippen molar-refractivity contribution in [1.29, 1.82) is 0 Å². The largest absolute Gasteiger partial charge is 0.370 e. The van der Waals surface area contributed by atoms with Gasteiger partial charge in [-0.15, -0.1) is 0 Å². The second-order valence-corrected chi connectivity index (χ2v) is 5.07. The van der Waals surface area contributed by atoms with E-state index in [1.165, 1.54) is 0 Å². The Morgan fingerprint density at radius 3 is 2.59 bits per heavy atom. The van der Waals surface area contributed by atoms with Gasteiger partial charge in [-0.25, -0.2) is 15.0 Å². The molecule has 4 nitrogen and oxygen atoms in total. The third-order valence-electron chi connectivity index (χ3n) is 2.61. The Hall–Kier alpha value is -1.71. The molecule has 2 rings (SSSR count). The van der Waals surface area contributed by atoms with E-state index in [-0.39, 0.29) is 5.41 Å². The van der Waals surface area contributed by atoms with Crippen LogP contribution in [0.3, 0.4) is 0 Å². The molecular formula is C13H18N4. The average Bonchev–Trinajstić information content (AvgIpc) is 2.28. The van der Waals surface area contributed by atoms with Gasteiger partial charge in [-0.1, -0.05) is 20.8 Å². The number of anilines is 1. The van der Waals surface area contributed by atoms with E-state index in [0.717, 1.165) is 29.1 Å². The number of nitrogens with one attached hydrogen (secondary N) is 1. The summed E-state index contributed by atoms with van der Waals surface area (Å²) in [6.07, 6.45) is 1.56. The van der Waals surface area contributed by atoms with E-state index in [2.05, 4.69) is 41.0 Å². The molecule has 0 spiro atoms. The number of nitrogens with zero attached hydrogens (tertiary/aromatic N) is 3. The molecule has 0 fully saturated rings. The minimum atomic E-state index is 0.0392. The van der Waals surface area contributed by atoms with Crippen LogP contribution in [0.25, 0.3) is 11.0 Å². The van der Waals surface area contributed by atoms with E-state index in [1.54, 1.807) is 6.33 Å². The van der Waals surface area contributed by atoms with Crippen LogP contribution in [0.2, 0.25) is 0 Å². The Morgan fingerprint density at radius 2 is 1.94 bits per heavy atom. The van der Waals surface area contributed by atoms with Gasteiger partial charge in [0.2, 0.25) is 0 Å². The molecule has 2 aromatic heterocycles. The maximum atomic E-state index is 4.60. The van der Waals surface area contributed by atoms with Gasteiger partial charge in [0.1, 0.15) is 12.1 Å². The van der Waals surface area contributed by atoms with Gasteiger partial charge in [0.05, 0.1) is 5.39 Å². The van der Waals surface area contributed by atoms with Gasteiger partial charge in [-0.05, 0) is 19.1 Å². The molecule has 0 saturated heterocycles. The summed E-state index contributed by atoms with van der Waals surface area (Å²) < 4.78 is 0. The predicted octanol–water partition coefficient (Wildman–Crippen LogP) is 2.75. The van der Waals surface area contributed by atoms with Crippen LogP contribution in [0, 0.1) is 0 Å². The van der Waals surface area contributed by atoms with Gasteiger partial charge in [-0.3, -0.25) is 0 Å². The highest BCUT2D eigenvalue weighted by molar-refractivity contribution is 5.86. The molecular weight excluding hydrogens is 212 g/mol. The number of hydrogen-bond acceptors (Lipinski definition) is 4. The fourth-order valence-corrected chi connectivity index (χ4v) is 1.67. The first-order valence-corrected chi connectivity index (χ1v) is 5.88. The molecule has 2 heterocycles. The first-order valence-electron chi connectivity index (χ1n) is 5.88. The van der Waals surface area contributed by atoms with Crippen molar-refractivity contribution in [3.8, 4) is 0 Å². The second kappa shape index (κ2) is 4.28. The minimum Gasteiger partial charge on any atom is -0.370 e. The maximum absolute atomic E-state index is 4.60. The molecule has 17 heavy (non-hydrogen) atoms. The highest BCUT2D eigenvalue weighted by Gasteiger charge is 2.16. The van der Waals surface area contributed by atoms with Crippen molar-refractivity contribution in [2.45, 2.75) is 33.1 Å². The summed E-state index contributed by atoms with van der Waals surface area (Å²) in [7, 11) is 0. The Labute approximate surface area is 102 Å². The van der Waals surface area contributed by atoms with Crippen molar-refractivity contribution in [2.24, 2.45) is 0 Å². The number of fused-ring (bicyclic) bond motifs is 1. The molecule has 90 valence electrons. The van der Waals surface area contributed by atoms with Crippen LogP contribution < -0.4 is 5.32 Å². The summed E-state index contributed by atoms with van der Waals surface area (Å²) in [6.45, 7) is 9.33. The molecule has 0 unspecified atom stereocenters. The van der Waals surface area contributed by atoms with Crippen molar-refractivity contribution in [3.63, 3.8) is 0 Å². The third kappa shape index (κ3) is 2.35. The zero-order chi connectivity index (χ0) is 12.5. The molecule has 0 bridgehead atoms. The Bertz CT molecular complexity index is 528. The van der Waals surface area contributed by atoms with E-state index in [1.807, 2.05) is 19.1 Å². The molecule has 0 atom stereocenters. The second-order valence-electron chi connectivity index (χ2n) is 5.07. The first kappa shape index (κ1) is 11.8. The van der Waals surface area contributed by atoms with Crippen molar-refractivity contribution >= 4 is 16.9 Å². The minimum absolute atomic E-state index is 0.0392. The van der Waals surface area contributed by atoms with Gasteiger partial charge >= 0.3 is 0 Å². The number of hydrogen-bond donors (Lipinski definition) is 1. The van der Waals surface area contributed by atoms with Crippen LogP contribution in [-0.2, 0) is 5.41 Å². The van der Waals surface area contributed by atoms with Crippen LogP contribution in [0.15, 0.2) is 18.5 Å². The highest BCUT2D eigenvalue weighted by Crippen LogP contribution is 2.24. The molecule has 0 amide bonds. The van der Waals surface area contributed by atoms with Crippen LogP contribution in [0.5, 0.6) is 0 Å². The lowest BCUT2D eigenvalue weighted by molar-refractivity contribution is 0.571. The summed E-state index contributed by atoms with van der Waals surface area (Å²) in [5.41, 5.74) is 1.84.